The number of pyridine rings is 2. The van der Waals surface area contributed by atoms with Crippen LogP contribution in [0.2, 0.25) is 0 Å². The molecule has 2 aromatic rings. The highest BCUT2D eigenvalue weighted by molar-refractivity contribution is 5.79. The number of ether oxygens (including phenoxy) is 5. The molecule has 4 heterocycles. The molecule has 4 rings (SSSR count). The van der Waals surface area contributed by atoms with E-state index < -0.39 is 36.2 Å². The maximum atomic E-state index is 12.0. The third-order valence-electron chi connectivity index (χ3n) is 5.26. The lowest BCUT2D eigenvalue weighted by molar-refractivity contribution is -0.0744. The van der Waals surface area contributed by atoms with Crippen molar-refractivity contribution in [2.45, 2.75) is 63.6 Å². The van der Waals surface area contributed by atoms with Gasteiger partial charge in [0.15, 0.2) is 12.2 Å². The first-order valence-electron chi connectivity index (χ1n) is 10.5. The second-order valence-electron chi connectivity index (χ2n) is 8.78. The molecule has 0 bridgehead atoms. The van der Waals surface area contributed by atoms with Crippen LogP contribution in [0.25, 0.3) is 11.0 Å². The first-order chi connectivity index (χ1) is 15.2. The average Bonchev–Trinajstić information content (AvgIpc) is 3.13. The van der Waals surface area contributed by atoms with E-state index in [1.807, 2.05) is 20.8 Å². The van der Waals surface area contributed by atoms with Gasteiger partial charge in [0.2, 0.25) is 5.88 Å². The summed E-state index contributed by atoms with van der Waals surface area (Å²) in [6.07, 6.45) is -0.135. The molecule has 2 aliphatic heterocycles. The number of fused-ring (bicyclic) bond motifs is 1. The van der Waals surface area contributed by atoms with Crippen LogP contribution in [0.15, 0.2) is 24.4 Å². The zero-order valence-corrected chi connectivity index (χ0v) is 18.5. The normalized spacial score (nSPS) is 25.7. The molecule has 0 aromatic carbocycles. The van der Waals surface area contributed by atoms with E-state index in [1.165, 1.54) is 7.11 Å². The first-order valence-corrected chi connectivity index (χ1v) is 10.5. The topological polar surface area (TPSA) is 118 Å². The van der Waals surface area contributed by atoms with Gasteiger partial charge in [0.25, 0.3) is 0 Å². The summed E-state index contributed by atoms with van der Waals surface area (Å²) >= 11 is 0. The van der Waals surface area contributed by atoms with E-state index in [9.17, 15) is 9.59 Å². The van der Waals surface area contributed by atoms with Crippen molar-refractivity contribution in [2.75, 3.05) is 13.7 Å². The smallest absolute Gasteiger partial charge is 0.481 e. The quantitative estimate of drug-likeness (QED) is 0.707. The Labute approximate surface area is 185 Å². The van der Waals surface area contributed by atoms with E-state index in [2.05, 4.69) is 15.3 Å². The Kier molecular flexibility index (Phi) is 6.05. The van der Waals surface area contributed by atoms with Gasteiger partial charge in [-0.2, -0.15) is 0 Å². The Balaban J connectivity index is 1.47. The van der Waals surface area contributed by atoms with E-state index in [0.717, 1.165) is 0 Å². The fraction of sp³-hybridized carbons (Fsp3) is 0.545. The fourth-order valence-corrected chi connectivity index (χ4v) is 3.87. The molecule has 0 spiro atoms. The average molecular weight is 445 g/mol. The standard InChI is InChI=1S/C22H27N3O7/c1-22(2,3)32-20(26)24-12-5-7-15(29-11-12)19-18(30-21(27)31-19)13-9-10-23-14-6-8-16(28-4)25-17(13)14/h6,8-10,12,15,18-19H,5,7,11H2,1-4H3,(H,24,26). The SMILES string of the molecule is COc1ccc2nccc(C3OC(=O)OC3C3CCC(NC(=O)OC(C)(C)C)CO3)c2n1. The highest BCUT2D eigenvalue weighted by Gasteiger charge is 2.46. The Hall–Kier alpha value is -3.14. The zero-order chi connectivity index (χ0) is 22.9. The summed E-state index contributed by atoms with van der Waals surface area (Å²) in [5.74, 6) is 0.429. The molecule has 10 nitrogen and oxygen atoms in total. The first kappa shape index (κ1) is 22.1. The summed E-state index contributed by atoms with van der Waals surface area (Å²) in [7, 11) is 1.53. The summed E-state index contributed by atoms with van der Waals surface area (Å²) < 4.78 is 27.5. The van der Waals surface area contributed by atoms with Gasteiger partial charge in [0, 0.05) is 17.8 Å². The van der Waals surface area contributed by atoms with Crippen LogP contribution in [0, 0.1) is 0 Å². The van der Waals surface area contributed by atoms with E-state index >= 15 is 0 Å². The lowest BCUT2D eigenvalue weighted by Crippen LogP contribution is -2.47. The van der Waals surface area contributed by atoms with E-state index in [-0.39, 0.29) is 12.6 Å². The number of aromatic nitrogens is 2. The highest BCUT2D eigenvalue weighted by Crippen LogP contribution is 2.38. The van der Waals surface area contributed by atoms with Crippen LogP contribution in [-0.2, 0) is 18.9 Å². The number of carbonyl (C=O) groups excluding carboxylic acids is 2. The third kappa shape index (κ3) is 4.85. The molecular formula is C22H27N3O7. The van der Waals surface area contributed by atoms with Crippen molar-refractivity contribution in [3.05, 3.63) is 30.0 Å². The van der Waals surface area contributed by atoms with E-state index in [1.54, 1.807) is 24.4 Å². The Morgan fingerprint density at radius 2 is 2.00 bits per heavy atom. The van der Waals surface area contributed by atoms with Gasteiger partial charge in [-0.25, -0.2) is 14.6 Å². The lowest BCUT2D eigenvalue weighted by Gasteiger charge is -2.33. The number of rotatable bonds is 4. The fourth-order valence-electron chi connectivity index (χ4n) is 3.87. The summed E-state index contributed by atoms with van der Waals surface area (Å²) in [5, 5.41) is 2.82. The minimum absolute atomic E-state index is 0.190. The molecule has 10 heteroatoms. The summed E-state index contributed by atoms with van der Waals surface area (Å²) in [6, 6.07) is 5.08. The molecule has 2 saturated heterocycles. The van der Waals surface area contributed by atoms with Gasteiger partial charge >= 0.3 is 12.2 Å². The number of nitrogens with one attached hydrogen (secondary N) is 1. The second kappa shape index (κ2) is 8.78. The molecule has 172 valence electrons. The number of hydrogen-bond donors (Lipinski definition) is 1. The Morgan fingerprint density at radius 3 is 2.69 bits per heavy atom. The molecule has 2 aromatic heterocycles. The van der Waals surface area contributed by atoms with Crippen LogP contribution >= 0.6 is 0 Å². The van der Waals surface area contributed by atoms with Crippen LogP contribution in [-0.4, -0.2) is 59.8 Å². The van der Waals surface area contributed by atoms with Gasteiger partial charge in [-0.3, -0.25) is 4.98 Å². The van der Waals surface area contributed by atoms with Crippen molar-refractivity contribution in [1.29, 1.82) is 0 Å². The monoisotopic (exact) mass is 445 g/mol. The molecule has 2 fully saturated rings. The van der Waals surface area contributed by atoms with Crippen molar-refractivity contribution in [1.82, 2.24) is 15.3 Å². The van der Waals surface area contributed by atoms with Crippen LogP contribution in [0.3, 0.4) is 0 Å². The number of carbonyl (C=O) groups is 2. The van der Waals surface area contributed by atoms with Crippen molar-refractivity contribution < 1.29 is 33.3 Å². The Bertz CT molecular complexity index is 999. The molecule has 32 heavy (non-hydrogen) atoms. The number of nitrogens with zero attached hydrogens (tertiary/aromatic N) is 2. The van der Waals surface area contributed by atoms with Gasteiger partial charge in [-0.1, -0.05) is 0 Å². The number of cyclic esters (lactones) is 2. The maximum absolute atomic E-state index is 12.0. The predicted molar refractivity (Wildman–Crippen MR) is 112 cm³/mol. The lowest BCUT2D eigenvalue weighted by atomic mass is 9.94. The molecule has 0 saturated carbocycles. The minimum atomic E-state index is -0.759. The minimum Gasteiger partial charge on any atom is -0.481 e. The van der Waals surface area contributed by atoms with Crippen LogP contribution < -0.4 is 10.1 Å². The van der Waals surface area contributed by atoms with Gasteiger partial charge in [-0.15, -0.1) is 0 Å². The third-order valence-corrected chi connectivity index (χ3v) is 5.26. The van der Waals surface area contributed by atoms with Crippen LogP contribution in [0.5, 0.6) is 5.88 Å². The molecule has 0 radical (unpaired) electrons. The number of methoxy groups -OCH3 is 1. The van der Waals surface area contributed by atoms with Gasteiger partial charge < -0.3 is 29.0 Å². The molecule has 4 atom stereocenters. The summed E-state index contributed by atoms with van der Waals surface area (Å²) in [6.45, 7) is 5.69. The molecular weight excluding hydrogens is 418 g/mol. The van der Waals surface area contributed by atoms with E-state index in [0.29, 0.717) is 35.3 Å². The number of amides is 1. The van der Waals surface area contributed by atoms with Crippen molar-refractivity contribution in [2.24, 2.45) is 0 Å². The van der Waals surface area contributed by atoms with E-state index in [4.69, 9.17) is 23.7 Å². The Morgan fingerprint density at radius 1 is 1.19 bits per heavy atom. The number of hydrogen-bond acceptors (Lipinski definition) is 9. The summed E-state index contributed by atoms with van der Waals surface area (Å²) in [4.78, 5) is 32.9. The molecule has 1 amide bonds. The predicted octanol–water partition coefficient (Wildman–Crippen LogP) is 3.29. The second-order valence-corrected chi connectivity index (χ2v) is 8.78. The van der Waals surface area contributed by atoms with Gasteiger partial charge in [-0.05, 0) is 45.7 Å². The van der Waals surface area contributed by atoms with Crippen LogP contribution in [0.1, 0.15) is 45.3 Å². The highest BCUT2D eigenvalue weighted by atomic mass is 16.8. The van der Waals surface area contributed by atoms with Crippen molar-refractivity contribution in [3.63, 3.8) is 0 Å². The molecule has 1 N–H and O–H groups in total. The zero-order valence-electron chi connectivity index (χ0n) is 18.5. The van der Waals surface area contributed by atoms with Gasteiger partial charge in [0.1, 0.15) is 5.60 Å². The maximum Gasteiger partial charge on any atom is 0.509 e. The molecule has 4 unspecified atom stereocenters. The van der Waals surface area contributed by atoms with Crippen molar-refractivity contribution >= 4 is 23.3 Å². The summed E-state index contributed by atoms with van der Waals surface area (Å²) in [5.41, 5.74) is 1.31. The number of alkyl carbamates (subject to hydrolysis) is 1. The molecule has 2 aliphatic rings. The van der Waals surface area contributed by atoms with Crippen LogP contribution in [0.4, 0.5) is 9.59 Å². The van der Waals surface area contributed by atoms with Crippen molar-refractivity contribution in [3.8, 4) is 5.88 Å². The molecule has 0 aliphatic carbocycles. The van der Waals surface area contributed by atoms with Gasteiger partial charge in [0.05, 0.1) is 36.9 Å². The largest absolute Gasteiger partial charge is 0.509 e.